The van der Waals surface area contributed by atoms with E-state index in [1.165, 1.54) is 4.90 Å². The van der Waals surface area contributed by atoms with Gasteiger partial charge >= 0.3 is 63.3 Å². The smallest absolute Gasteiger partial charge is 0.587 e. The first-order valence-electron chi connectivity index (χ1n) is 19.8. The standard InChI is InChI=1S/C21H29NO7.C14H28O5.C8H5NO2.K/c1-21(2,3)29-18(23)8-10-26-12-14-28-15-13-27-11-9-22-19(24)16-6-4-5-7-17(16)20(22)25;1-5-7-16-9-11-18-12-10-17-8-6-13(15)19-14(2,3)4;10-7-5-3-1-2-4-6(5)8(11)9-7;/h4-7H,8-15H2,1-3H3;5-12H2,1-4H3;1-4H,(H,9,10,11);/q;;;+1/p-1. The summed E-state index contributed by atoms with van der Waals surface area (Å²) < 4.78 is 42.3. The number of benzene rings is 2. The third-order valence-corrected chi connectivity index (χ3v) is 7.51. The Morgan fingerprint density at radius 2 is 0.817 bits per heavy atom. The van der Waals surface area contributed by atoms with Crippen molar-refractivity contribution in [2.45, 2.75) is 78.9 Å². The Balaban J connectivity index is 0.000000495. The van der Waals surface area contributed by atoms with Crippen molar-refractivity contribution in [2.24, 2.45) is 0 Å². The zero-order valence-electron chi connectivity index (χ0n) is 36.5. The molecule has 0 atom stereocenters. The van der Waals surface area contributed by atoms with Gasteiger partial charge in [-0.15, -0.1) is 0 Å². The fourth-order valence-corrected chi connectivity index (χ4v) is 4.99. The van der Waals surface area contributed by atoms with Crippen LogP contribution >= 0.6 is 0 Å². The summed E-state index contributed by atoms with van der Waals surface area (Å²) in [4.78, 5) is 70.2. The maximum Gasteiger partial charge on any atom is 1.00 e. The van der Waals surface area contributed by atoms with Crippen LogP contribution < -0.4 is 51.4 Å². The summed E-state index contributed by atoms with van der Waals surface area (Å²) in [6.07, 6.45) is 1.50. The van der Waals surface area contributed by atoms with E-state index in [1.54, 1.807) is 48.5 Å². The van der Waals surface area contributed by atoms with Gasteiger partial charge in [-0.3, -0.25) is 24.1 Å². The monoisotopic (exact) mass is 868 g/mol. The Morgan fingerprint density at radius 1 is 0.500 bits per heavy atom. The number of imide groups is 2. The van der Waals surface area contributed by atoms with E-state index in [0.717, 1.165) is 13.0 Å². The summed E-state index contributed by atoms with van der Waals surface area (Å²) in [6.45, 7) is 18.6. The first-order valence-corrected chi connectivity index (χ1v) is 19.8. The minimum atomic E-state index is -0.487. The maximum absolute atomic E-state index is 12.2. The van der Waals surface area contributed by atoms with E-state index in [4.69, 9.17) is 37.9 Å². The molecule has 4 amide bonds. The van der Waals surface area contributed by atoms with Crippen molar-refractivity contribution >= 4 is 35.6 Å². The van der Waals surface area contributed by atoms with Crippen molar-refractivity contribution in [2.75, 3.05) is 85.8 Å². The molecule has 0 unspecified atom stereocenters. The summed E-state index contributed by atoms with van der Waals surface area (Å²) in [6, 6.07) is 13.4. The second kappa shape index (κ2) is 30.2. The molecule has 2 aromatic carbocycles. The van der Waals surface area contributed by atoms with Crippen molar-refractivity contribution in [3.63, 3.8) is 0 Å². The van der Waals surface area contributed by atoms with Gasteiger partial charge in [0.2, 0.25) is 0 Å². The van der Waals surface area contributed by atoms with Gasteiger partial charge < -0.3 is 52.8 Å². The summed E-state index contributed by atoms with van der Waals surface area (Å²) in [5.74, 6) is -1.94. The molecule has 2 aliphatic heterocycles. The molecule has 4 rings (SSSR count). The second-order valence-electron chi connectivity index (χ2n) is 14.9. The average Bonchev–Trinajstić information content (AvgIpc) is 3.60. The number of rotatable bonds is 23. The molecule has 0 aliphatic carbocycles. The molecule has 0 aromatic heterocycles. The van der Waals surface area contributed by atoms with Crippen LogP contribution in [0.15, 0.2) is 48.5 Å². The SMILES string of the molecule is CC(C)(C)OC(=O)CCOCCOCCOCCN1C(=O)c2ccccc2C1=O.CCCOCCOCCOCCC(=O)OC(C)(C)C.O=C1[N-]C(=O)c2ccccc21.[K+]. The Morgan fingerprint density at radius 3 is 1.17 bits per heavy atom. The molecule has 2 aromatic rings. The van der Waals surface area contributed by atoms with Crippen LogP contribution in [-0.4, -0.2) is 137 Å². The molecule has 0 bridgehead atoms. The van der Waals surface area contributed by atoms with E-state index in [2.05, 4.69) is 12.2 Å². The van der Waals surface area contributed by atoms with E-state index in [-0.39, 0.29) is 108 Å². The molecule has 0 spiro atoms. The van der Waals surface area contributed by atoms with Crippen molar-refractivity contribution < 1.29 is 118 Å². The summed E-state index contributed by atoms with van der Waals surface area (Å²) in [5, 5.41) is 3.28. The summed E-state index contributed by atoms with van der Waals surface area (Å²) in [5.41, 5.74) is 0.785. The van der Waals surface area contributed by atoms with Crippen LogP contribution in [0.2, 0.25) is 0 Å². The van der Waals surface area contributed by atoms with Crippen LogP contribution in [0.25, 0.3) is 5.32 Å². The maximum atomic E-state index is 12.2. The van der Waals surface area contributed by atoms with Gasteiger partial charge in [-0.1, -0.05) is 43.3 Å². The molecule has 16 nitrogen and oxygen atoms in total. The van der Waals surface area contributed by atoms with E-state index in [9.17, 15) is 28.8 Å². The quantitative estimate of drug-likeness (QED) is 0.0685. The number of amides is 4. The van der Waals surface area contributed by atoms with Gasteiger partial charge in [0, 0.05) is 17.7 Å². The van der Waals surface area contributed by atoms with E-state index in [1.807, 2.05) is 41.5 Å². The molecule has 0 saturated heterocycles. The van der Waals surface area contributed by atoms with E-state index >= 15 is 0 Å². The predicted octanol–water partition coefficient (Wildman–Crippen LogP) is 2.60. The summed E-state index contributed by atoms with van der Waals surface area (Å²) >= 11 is 0. The predicted molar refractivity (Wildman–Crippen MR) is 216 cm³/mol. The molecule has 17 heteroatoms. The van der Waals surface area contributed by atoms with Gasteiger partial charge in [0.1, 0.15) is 11.2 Å². The van der Waals surface area contributed by atoms with Crippen LogP contribution in [0, 0.1) is 0 Å². The Hall–Kier alpha value is -2.94. The average molecular weight is 869 g/mol. The molecule has 0 fully saturated rings. The van der Waals surface area contributed by atoms with Crippen LogP contribution in [0.1, 0.15) is 109 Å². The Labute approximate surface area is 396 Å². The number of hydrogen-bond acceptors (Lipinski definition) is 14. The van der Waals surface area contributed by atoms with Crippen LogP contribution in [0.5, 0.6) is 0 Å². The van der Waals surface area contributed by atoms with Crippen LogP contribution in [0.3, 0.4) is 0 Å². The molecule has 60 heavy (non-hydrogen) atoms. The first-order chi connectivity index (χ1) is 28.0. The second-order valence-corrected chi connectivity index (χ2v) is 14.9. The molecule has 2 heterocycles. The number of nitrogens with zero attached hydrogens (tertiary/aromatic N) is 2. The van der Waals surface area contributed by atoms with E-state index in [0.29, 0.717) is 81.7 Å². The van der Waals surface area contributed by atoms with Crippen LogP contribution in [-0.2, 0) is 47.5 Å². The van der Waals surface area contributed by atoms with E-state index < -0.39 is 23.0 Å². The minimum absolute atomic E-state index is 0. The number of esters is 2. The largest absolute Gasteiger partial charge is 1.00 e. The van der Waals surface area contributed by atoms with Crippen LogP contribution in [0.4, 0.5) is 0 Å². The number of fused-ring (bicyclic) bond motifs is 2. The zero-order chi connectivity index (χ0) is 43.7. The van der Waals surface area contributed by atoms with Crippen molar-refractivity contribution in [3.05, 3.63) is 76.1 Å². The van der Waals surface area contributed by atoms with Gasteiger partial charge in [-0.25, -0.2) is 0 Å². The van der Waals surface area contributed by atoms with Gasteiger partial charge in [0.05, 0.1) is 115 Å². The minimum Gasteiger partial charge on any atom is -0.587 e. The topological polar surface area (TPSA) is 194 Å². The van der Waals surface area contributed by atoms with Crippen molar-refractivity contribution in [1.82, 2.24) is 4.90 Å². The number of carbonyl (C=O) groups excluding carboxylic acids is 6. The fourth-order valence-electron chi connectivity index (χ4n) is 4.99. The molecule has 328 valence electrons. The molecule has 0 saturated carbocycles. The normalized spacial score (nSPS) is 12.9. The number of hydrogen-bond donors (Lipinski definition) is 0. The molecular weight excluding hydrogens is 808 g/mol. The number of carbonyl (C=O) groups is 6. The third-order valence-electron chi connectivity index (χ3n) is 7.51. The Bertz CT molecular complexity index is 1570. The van der Waals surface area contributed by atoms with Gasteiger partial charge in [-0.05, 0) is 60.1 Å². The van der Waals surface area contributed by atoms with Gasteiger partial charge in [0.25, 0.3) is 11.8 Å². The Kier molecular flexibility index (Phi) is 27.7. The van der Waals surface area contributed by atoms with Crippen molar-refractivity contribution in [3.8, 4) is 0 Å². The molecule has 0 radical (unpaired) electrons. The van der Waals surface area contributed by atoms with Gasteiger partial charge in [0.15, 0.2) is 0 Å². The summed E-state index contributed by atoms with van der Waals surface area (Å²) in [7, 11) is 0. The third kappa shape index (κ3) is 23.3. The van der Waals surface area contributed by atoms with Crippen molar-refractivity contribution in [1.29, 1.82) is 0 Å². The zero-order valence-corrected chi connectivity index (χ0v) is 39.7. The number of ether oxygens (including phenoxy) is 8. The van der Waals surface area contributed by atoms with Gasteiger partial charge in [-0.2, -0.15) is 0 Å². The fraction of sp³-hybridized carbons (Fsp3) is 0.581. The molecule has 0 N–H and O–H groups in total. The molecule has 2 aliphatic rings. The molecular formula is C43H61KN2O14. The first kappa shape index (κ1) is 55.1.